The number of carbonyl (C=O) groups is 1. The fraction of sp³-hybridized carbons (Fsp3) is 0.125. The third-order valence-electron chi connectivity index (χ3n) is 5.21. The van der Waals surface area contributed by atoms with Gasteiger partial charge >= 0.3 is 5.97 Å². The van der Waals surface area contributed by atoms with Gasteiger partial charge in [0.15, 0.2) is 6.04 Å². The van der Waals surface area contributed by atoms with Crippen LogP contribution in [0.1, 0.15) is 11.1 Å². The predicted molar refractivity (Wildman–Crippen MR) is 126 cm³/mol. The summed E-state index contributed by atoms with van der Waals surface area (Å²) in [4.78, 5) is 15.9. The van der Waals surface area contributed by atoms with Crippen LogP contribution in [0.15, 0.2) is 71.1 Å². The Bertz CT molecular complexity index is 1430. The van der Waals surface area contributed by atoms with E-state index in [4.69, 9.17) is 6.42 Å². The first-order valence-electron chi connectivity index (χ1n) is 9.76. The number of thiophene rings is 1. The molecule has 32 heavy (non-hydrogen) atoms. The molecule has 0 radical (unpaired) electrons. The van der Waals surface area contributed by atoms with E-state index < -0.39 is 22.0 Å². The minimum atomic E-state index is -4.22. The first kappa shape index (κ1) is 21.7. The number of carboxylic acid groups (broad SMARTS) is 1. The van der Waals surface area contributed by atoms with Crippen LogP contribution in [0.3, 0.4) is 0 Å². The zero-order valence-electron chi connectivity index (χ0n) is 17.1. The summed E-state index contributed by atoms with van der Waals surface area (Å²) in [7, 11) is -4.22. The van der Waals surface area contributed by atoms with Gasteiger partial charge in [0.2, 0.25) is 0 Å². The van der Waals surface area contributed by atoms with Gasteiger partial charge in [0, 0.05) is 34.4 Å². The highest BCUT2D eigenvalue weighted by Crippen LogP contribution is 2.33. The molecule has 0 aliphatic heterocycles. The minimum absolute atomic E-state index is 0.00352. The highest BCUT2D eigenvalue weighted by molar-refractivity contribution is 7.91. The molecule has 2 heterocycles. The molecule has 1 atom stereocenters. The number of aryl methyl sites for hydroxylation is 1. The number of nitrogens with zero attached hydrogens (tertiary/aromatic N) is 1. The highest BCUT2D eigenvalue weighted by Gasteiger charge is 2.35. The van der Waals surface area contributed by atoms with Crippen molar-refractivity contribution in [3.8, 4) is 22.9 Å². The Hall–Kier alpha value is -3.54. The number of hydrogen-bond acceptors (Lipinski definition) is 4. The molecule has 4 aromatic rings. The van der Waals surface area contributed by atoms with Crippen LogP contribution in [0.25, 0.3) is 21.3 Å². The monoisotopic (exact) mass is 464 g/mol. The number of benzene rings is 2. The van der Waals surface area contributed by atoms with Crippen molar-refractivity contribution in [3.05, 3.63) is 78.0 Å². The van der Waals surface area contributed by atoms with E-state index in [1.807, 2.05) is 55.5 Å². The number of sulfonamides is 1. The molecule has 0 saturated carbocycles. The number of aromatic nitrogens is 1. The van der Waals surface area contributed by atoms with Crippen molar-refractivity contribution < 1.29 is 18.3 Å². The van der Waals surface area contributed by atoms with Crippen molar-refractivity contribution in [3.63, 3.8) is 0 Å². The zero-order chi connectivity index (χ0) is 22.9. The second-order valence-corrected chi connectivity index (χ2v) is 10.5. The number of carboxylic acids is 1. The van der Waals surface area contributed by atoms with Gasteiger partial charge in [0.25, 0.3) is 10.0 Å². The van der Waals surface area contributed by atoms with Crippen molar-refractivity contribution in [2.75, 3.05) is 0 Å². The molecule has 6 nitrogen and oxygen atoms in total. The molecule has 2 aromatic heterocycles. The molecular weight excluding hydrogens is 444 g/mol. The first-order chi connectivity index (χ1) is 15.3. The van der Waals surface area contributed by atoms with E-state index in [1.165, 1.54) is 6.07 Å². The normalized spacial score (nSPS) is 12.4. The maximum absolute atomic E-state index is 13.3. The molecule has 0 spiro atoms. The third kappa shape index (κ3) is 4.00. The summed E-state index contributed by atoms with van der Waals surface area (Å²) in [6.45, 7) is 1.97. The predicted octanol–water partition coefficient (Wildman–Crippen LogP) is 4.48. The van der Waals surface area contributed by atoms with Crippen LogP contribution in [0.5, 0.6) is 0 Å². The Balaban J connectivity index is 1.68. The second-order valence-electron chi connectivity index (χ2n) is 7.33. The first-order valence-corrected chi connectivity index (χ1v) is 12.0. The molecule has 0 amide bonds. The van der Waals surface area contributed by atoms with E-state index in [-0.39, 0.29) is 10.6 Å². The number of terminal acetylenes is 1. The maximum Gasteiger partial charge on any atom is 0.328 e. The second kappa shape index (κ2) is 8.54. The third-order valence-corrected chi connectivity index (χ3v) is 8.55. The number of rotatable bonds is 7. The molecule has 0 aliphatic carbocycles. The van der Waals surface area contributed by atoms with Crippen molar-refractivity contribution >= 4 is 38.2 Å². The molecule has 8 heteroatoms. The maximum atomic E-state index is 13.3. The smallest absolute Gasteiger partial charge is 0.328 e. The molecular formula is C24H20N2O4S2. The summed E-state index contributed by atoms with van der Waals surface area (Å²) in [5.74, 6) is -1.31. The van der Waals surface area contributed by atoms with Crippen LogP contribution in [-0.4, -0.2) is 34.8 Å². The van der Waals surface area contributed by atoms with Crippen molar-refractivity contribution in [1.82, 2.24) is 9.29 Å². The van der Waals surface area contributed by atoms with Crippen molar-refractivity contribution in [1.29, 1.82) is 0 Å². The number of H-pyrrole nitrogens is 1. The topological polar surface area (TPSA) is 90.5 Å². The number of nitrogens with one attached hydrogen (secondary N) is 1. The van der Waals surface area contributed by atoms with Gasteiger partial charge in [-0.25, -0.2) is 9.10 Å². The van der Waals surface area contributed by atoms with Crippen molar-refractivity contribution in [2.24, 2.45) is 0 Å². The number of hydrogen-bond donors (Lipinski definition) is 2. The molecule has 2 aromatic carbocycles. The van der Waals surface area contributed by atoms with E-state index in [0.29, 0.717) is 9.87 Å². The highest BCUT2D eigenvalue weighted by atomic mass is 32.2. The van der Waals surface area contributed by atoms with Crippen LogP contribution in [0, 0.1) is 19.4 Å². The van der Waals surface area contributed by atoms with Crippen LogP contribution in [0.2, 0.25) is 0 Å². The lowest BCUT2D eigenvalue weighted by atomic mass is 10.1. The van der Waals surface area contributed by atoms with Gasteiger partial charge in [-0.1, -0.05) is 54.5 Å². The average Bonchev–Trinajstić information content (AvgIpc) is 3.42. The SMILES string of the molecule is C#CN([C@H](Cc1c[nH]c2ccccc12)C(=O)O)S(=O)(=O)c1ccc(-c2ccc(C)cc2)s1. The van der Waals surface area contributed by atoms with Gasteiger partial charge in [0.05, 0.1) is 0 Å². The van der Waals surface area contributed by atoms with Crippen LogP contribution >= 0.6 is 11.3 Å². The fourth-order valence-corrected chi connectivity index (χ4v) is 6.28. The van der Waals surface area contributed by atoms with Gasteiger partial charge in [-0.3, -0.25) is 0 Å². The van der Waals surface area contributed by atoms with Crippen LogP contribution in [0.4, 0.5) is 0 Å². The Morgan fingerprint density at radius 3 is 2.56 bits per heavy atom. The lowest BCUT2D eigenvalue weighted by Crippen LogP contribution is -2.43. The summed E-state index contributed by atoms with van der Waals surface area (Å²) < 4.78 is 27.3. The lowest BCUT2D eigenvalue weighted by Gasteiger charge is -2.23. The molecule has 0 saturated heterocycles. The van der Waals surface area contributed by atoms with E-state index in [1.54, 1.807) is 12.3 Å². The van der Waals surface area contributed by atoms with Crippen molar-refractivity contribution in [2.45, 2.75) is 23.6 Å². The molecule has 0 aliphatic rings. The molecule has 0 unspecified atom stereocenters. The van der Waals surface area contributed by atoms with Crippen LogP contribution in [-0.2, 0) is 21.2 Å². The summed E-state index contributed by atoms with van der Waals surface area (Å²) in [5.41, 5.74) is 3.49. The van der Waals surface area contributed by atoms with E-state index in [0.717, 1.165) is 38.2 Å². The largest absolute Gasteiger partial charge is 0.480 e. The standard InChI is InChI=1S/C24H20N2O4S2/c1-3-26(21(24(27)28)14-18-15-25-20-7-5-4-6-19(18)20)32(29,30)23-13-12-22(31-23)17-10-8-16(2)9-11-17/h1,4-13,15,21,25H,14H2,2H3,(H,27,28)/t21-/m1/s1. The Kier molecular flexibility index (Phi) is 5.78. The van der Waals surface area contributed by atoms with Gasteiger partial charge in [-0.2, -0.15) is 8.42 Å². The Morgan fingerprint density at radius 1 is 1.16 bits per heavy atom. The number of aliphatic carboxylic acids is 1. The zero-order valence-corrected chi connectivity index (χ0v) is 18.8. The number of fused-ring (bicyclic) bond motifs is 1. The fourth-order valence-electron chi connectivity index (χ4n) is 3.53. The molecule has 0 bridgehead atoms. The summed E-state index contributed by atoms with van der Waals surface area (Å²) in [6.07, 6.45) is 7.15. The van der Waals surface area contributed by atoms with Gasteiger partial charge in [0.1, 0.15) is 4.21 Å². The summed E-state index contributed by atoms with van der Waals surface area (Å²) in [5, 5.41) is 10.7. The van der Waals surface area contributed by atoms with Gasteiger partial charge in [-0.05, 0) is 36.2 Å². The molecule has 4 rings (SSSR count). The molecule has 2 N–H and O–H groups in total. The Labute approximate surface area is 190 Å². The van der Waals surface area contributed by atoms with E-state index in [9.17, 15) is 18.3 Å². The van der Waals surface area contributed by atoms with Gasteiger partial charge < -0.3 is 10.1 Å². The number of para-hydroxylation sites is 1. The number of aromatic amines is 1. The summed E-state index contributed by atoms with van der Waals surface area (Å²) in [6, 6.07) is 18.9. The van der Waals surface area contributed by atoms with E-state index in [2.05, 4.69) is 11.0 Å². The lowest BCUT2D eigenvalue weighted by molar-refractivity contribution is -0.140. The van der Waals surface area contributed by atoms with Gasteiger partial charge in [-0.15, -0.1) is 11.3 Å². The Morgan fingerprint density at radius 2 is 1.88 bits per heavy atom. The molecule has 0 fully saturated rings. The van der Waals surface area contributed by atoms with Crippen LogP contribution < -0.4 is 0 Å². The molecule has 162 valence electrons. The van der Waals surface area contributed by atoms with E-state index >= 15 is 0 Å². The quantitative estimate of drug-likeness (QED) is 0.312. The minimum Gasteiger partial charge on any atom is -0.480 e. The summed E-state index contributed by atoms with van der Waals surface area (Å²) >= 11 is 1.06. The average molecular weight is 465 g/mol.